The quantitative estimate of drug-likeness (QED) is 0.786. The molecule has 29 heavy (non-hydrogen) atoms. The van der Waals surface area contributed by atoms with E-state index in [1.807, 2.05) is 24.3 Å². The van der Waals surface area contributed by atoms with Gasteiger partial charge in [-0.25, -0.2) is 0 Å². The van der Waals surface area contributed by atoms with Crippen molar-refractivity contribution in [3.8, 4) is 0 Å². The van der Waals surface area contributed by atoms with Gasteiger partial charge in [0.05, 0.1) is 15.8 Å². The van der Waals surface area contributed by atoms with Crippen molar-refractivity contribution in [2.45, 2.75) is 6.42 Å². The number of rotatable bonds is 5. The monoisotopic (exact) mass is 433 g/mol. The van der Waals surface area contributed by atoms with E-state index in [4.69, 9.17) is 16.3 Å². The zero-order valence-electron chi connectivity index (χ0n) is 15.6. The summed E-state index contributed by atoms with van der Waals surface area (Å²) in [7, 11) is 0. The zero-order valence-corrected chi connectivity index (χ0v) is 17.2. The molecule has 0 bridgehead atoms. The molecule has 2 aliphatic heterocycles. The second-order valence-corrected chi connectivity index (χ2v) is 8.72. The van der Waals surface area contributed by atoms with Crippen LogP contribution >= 0.6 is 22.9 Å². The number of hydrogen-bond acceptors (Lipinski definition) is 5. The summed E-state index contributed by atoms with van der Waals surface area (Å²) in [6.45, 7) is 2.11. The summed E-state index contributed by atoms with van der Waals surface area (Å²) >= 11 is 7.10. The molecule has 3 amide bonds. The summed E-state index contributed by atoms with van der Waals surface area (Å²) < 4.78 is 5.72. The number of hydrogen-bond donors (Lipinski definition) is 1. The Labute approximate surface area is 177 Å². The van der Waals surface area contributed by atoms with Crippen molar-refractivity contribution in [1.29, 1.82) is 0 Å². The summed E-state index contributed by atoms with van der Waals surface area (Å²) in [6.07, 6.45) is 0.384. The highest BCUT2D eigenvalue weighted by atomic mass is 35.5. The Kier molecular flexibility index (Phi) is 5.84. The SMILES string of the molecule is O=C(NC[C@@H]1CC(=O)N(c2ccc(N3CCOCC3=O)cc2)C1)c1ccc(Cl)s1. The number of nitrogens with one attached hydrogen (secondary N) is 1. The molecule has 0 aliphatic carbocycles. The van der Waals surface area contributed by atoms with Crippen molar-refractivity contribution in [2.75, 3.05) is 42.6 Å². The van der Waals surface area contributed by atoms with Crippen LogP contribution < -0.4 is 15.1 Å². The number of anilines is 2. The van der Waals surface area contributed by atoms with Crippen LogP contribution in [0.2, 0.25) is 4.34 Å². The van der Waals surface area contributed by atoms with Crippen LogP contribution in [0.3, 0.4) is 0 Å². The number of amides is 3. The lowest BCUT2D eigenvalue weighted by Gasteiger charge is -2.27. The van der Waals surface area contributed by atoms with Gasteiger partial charge in [-0.15, -0.1) is 11.3 Å². The van der Waals surface area contributed by atoms with E-state index in [1.165, 1.54) is 11.3 Å². The maximum atomic E-state index is 12.5. The Balaban J connectivity index is 1.35. The number of carbonyl (C=O) groups is 3. The number of morpholine rings is 1. The Bertz CT molecular complexity index is 930. The van der Waals surface area contributed by atoms with Gasteiger partial charge in [-0.3, -0.25) is 14.4 Å². The first-order chi connectivity index (χ1) is 14.0. The minimum Gasteiger partial charge on any atom is -0.370 e. The molecule has 2 aliphatic rings. The van der Waals surface area contributed by atoms with Crippen LogP contribution in [0.15, 0.2) is 36.4 Å². The molecule has 1 aromatic heterocycles. The van der Waals surface area contributed by atoms with Crippen molar-refractivity contribution < 1.29 is 19.1 Å². The van der Waals surface area contributed by atoms with E-state index in [1.54, 1.807) is 21.9 Å². The average Bonchev–Trinajstić information content (AvgIpc) is 3.32. The van der Waals surface area contributed by atoms with Gasteiger partial charge in [0, 0.05) is 43.3 Å². The molecule has 3 heterocycles. The van der Waals surface area contributed by atoms with Crippen molar-refractivity contribution in [2.24, 2.45) is 5.92 Å². The molecule has 2 saturated heterocycles. The average molecular weight is 434 g/mol. The number of benzene rings is 1. The van der Waals surface area contributed by atoms with E-state index < -0.39 is 0 Å². The first-order valence-corrected chi connectivity index (χ1v) is 10.5. The fraction of sp³-hybridized carbons (Fsp3) is 0.350. The number of carbonyl (C=O) groups excluding carboxylic acids is 3. The molecule has 0 unspecified atom stereocenters. The molecule has 4 rings (SSSR count). The molecule has 9 heteroatoms. The van der Waals surface area contributed by atoms with Gasteiger partial charge in [0.1, 0.15) is 6.61 Å². The predicted octanol–water partition coefficient (Wildman–Crippen LogP) is 2.55. The molecule has 2 fully saturated rings. The molecular weight excluding hydrogens is 414 g/mol. The van der Waals surface area contributed by atoms with Gasteiger partial charge in [0.25, 0.3) is 11.8 Å². The summed E-state index contributed by atoms with van der Waals surface area (Å²) in [5.41, 5.74) is 1.59. The van der Waals surface area contributed by atoms with Gasteiger partial charge in [0.15, 0.2) is 0 Å². The molecule has 2 aromatic rings. The number of ether oxygens (including phenoxy) is 1. The maximum Gasteiger partial charge on any atom is 0.261 e. The summed E-state index contributed by atoms with van der Waals surface area (Å²) in [5.74, 6) is -0.169. The van der Waals surface area contributed by atoms with Crippen molar-refractivity contribution in [1.82, 2.24) is 5.32 Å². The molecule has 1 atom stereocenters. The van der Waals surface area contributed by atoms with Gasteiger partial charge in [-0.2, -0.15) is 0 Å². The number of halogens is 1. The van der Waals surface area contributed by atoms with Gasteiger partial charge >= 0.3 is 0 Å². The normalized spacial score (nSPS) is 19.7. The first-order valence-electron chi connectivity index (χ1n) is 9.33. The van der Waals surface area contributed by atoms with E-state index in [9.17, 15) is 14.4 Å². The molecular formula is C20H20ClN3O4S. The smallest absolute Gasteiger partial charge is 0.261 e. The van der Waals surface area contributed by atoms with Gasteiger partial charge < -0.3 is 19.9 Å². The zero-order chi connectivity index (χ0) is 20.4. The summed E-state index contributed by atoms with van der Waals surface area (Å²) in [6, 6.07) is 10.8. The van der Waals surface area contributed by atoms with E-state index in [0.29, 0.717) is 41.9 Å². The molecule has 1 N–H and O–H groups in total. The standard InChI is InChI=1S/C20H20ClN3O4S/c21-17-6-5-16(29-17)20(27)22-10-13-9-18(25)24(11-13)15-3-1-14(2-4-15)23-7-8-28-12-19(23)26/h1-6,13H,7-12H2,(H,22,27)/t13-/m0/s1. The summed E-state index contributed by atoms with van der Waals surface area (Å²) in [4.78, 5) is 40.6. The molecule has 0 radical (unpaired) electrons. The third-order valence-corrected chi connectivity index (χ3v) is 6.24. The molecule has 1 aromatic carbocycles. The summed E-state index contributed by atoms with van der Waals surface area (Å²) in [5, 5.41) is 2.88. The molecule has 0 spiro atoms. The first kappa shape index (κ1) is 19.9. The highest BCUT2D eigenvalue weighted by Gasteiger charge is 2.31. The predicted molar refractivity (Wildman–Crippen MR) is 112 cm³/mol. The molecule has 0 saturated carbocycles. The van der Waals surface area contributed by atoms with Gasteiger partial charge in [-0.1, -0.05) is 11.6 Å². The van der Waals surface area contributed by atoms with Gasteiger partial charge in [0.2, 0.25) is 5.91 Å². The van der Waals surface area contributed by atoms with Crippen LogP contribution in [-0.2, 0) is 14.3 Å². The van der Waals surface area contributed by atoms with E-state index in [0.717, 1.165) is 11.4 Å². The second kappa shape index (κ2) is 8.52. The van der Waals surface area contributed by atoms with E-state index in [2.05, 4.69) is 5.32 Å². The van der Waals surface area contributed by atoms with Crippen molar-refractivity contribution in [3.05, 3.63) is 45.6 Å². The molecule has 152 valence electrons. The van der Waals surface area contributed by atoms with Crippen LogP contribution in [-0.4, -0.2) is 50.6 Å². The number of thiophene rings is 1. The van der Waals surface area contributed by atoms with Gasteiger partial charge in [-0.05, 0) is 36.4 Å². The Hall–Kier alpha value is -2.42. The van der Waals surface area contributed by atoms with E-state index in [-0.39, 0.29) is 30.2 Å². The highest BCUT2D eigenvalue weighted by molar-refractivity contribution is 7.18. The second-order valence-electron chi connectivity index (χ2n) is 7.00. The van der Waals surface area contributed by atoms with E-state index >= 15 is 0 Å². The van der Waals surface area contributed by atoms with Crippen molar-refractivity contribution in [3.63, 3.8) is 0 Å². The Morgan fingerprint density at radius 1 is 1.10 bits per heavy atom. The maximum absolute atomic E-state index is 12.5. The Morgan fingerprint density at radius 3 is 2.48 bits per heavy atom. The Morgan fingerprint density at radius 2 is 1.83 bits per heavy atom. The van der Waals surface area contributed by atoms with Crippen molar-refractivity contribution >= 4 is 52.0 Å². The van der Waals surface area contributed by atoms with Crippen LogP contribution in [0.4, 0.5) is 11.4 Å². The third-order valence-electron chi connectivity index (χ3n) is 5.01. The minimum absolute atomic E-state index is 0.0265. The van der Waals surface area contributed by atoms with Crippen LogP contribution in [0.25, 0.3) is 0 Å². The van der Waals surface area contributed by atoms with Crippen LogP contribution in [0, 0.1) is 5.92 Å². The largest absolute Gasteiger partial charge is 0.370 e. The fourth-order valence-corrected chi connectivity index (χ4v) is 4.49. The lowest BCUT2D eigenvalue weighted by atomic mass is 10.1. The third kappa shape index (κ3) is 4.44. The molecule has 7 nitrogen and oxygen atoms in total. The number of nitrogens with zero attached hydrogens (tertiary/aromatic N) is 2. The highest BCUT2D eigenvalue weighted by Crippen LogP contribution is 2.28. The topological polar surface area (TPSA) is 79.0 Å². The minimum atomic E-state index is -0.174. The lowest BCUT2D eigenvalue weighted by molar-refractivity contribution is -0.125. The lowest BCUT2D eigenvalue weighted by Crippen LogP contribution is -2.41. The van der Waals surface area contributed by atoms with Crippen LogP contribution in [0.5, 0.6) is 0 Å². The van der Waals surface area contributed by atoms with Crippen LogP contribution in [0.1, 0.15) is 16.1 Å². The fourth-order valence-electron chi connectivity index (χ4n) is 3.53.